The van der Waals surface area contributed by atoms with Crippen LogP contribution in [0.2, 0.25) is 0 Å². The molecule has 0 radical (unpaired) electrons. The summed E-state index contributed by atoms with van der Waals surface area (Å²) in [5.41, 5.74) is 0.874. The van der Waals surface area contributed by atoms with E-state index >= 15 is 0 Å². The van der Waals surface area contributed by atoms with E-state index in [1.807, 2.05) is 4.90 Å². The van der Waals surface area contributed by atoms with Crippen molar-refractivity contribution < 1.29 is 14.0 Å². The van der Waals surface area contributed by atoms with E-state index in [2.05, 4.69) is 9.80 Å². The molecule has 1 aromatic carbocycles. The van der Waals surface area contributed by atoms with E-state index in [0.717, 1.165) is 64.0 Å². The van der Waals surface area contributed by atoms with Gasteiger partial charge in [-0.15, -0.1) is 0 Å². The molecule has 1 aromatic rings. The Balaban J connectivity index is 1.15. The summed E-state index contributed by atoms with van der Waals surface area (Å²) in [5, 5.41) is 0. The normalized spacial score (nSPS) is 30.3. The smallest absolute Gasteiger partial charge is 0.226 e. The third-order valence-corrected chi connectivity index (χ3v) is 7.81. The minimum atomic E-state index is -0.265. The monoisotopic (exact) mass is 413 g/mol. The van der Waals surface area contributed by atoms with Gasteiger partial charge in [0.05, 0.1) is 6.42 Å². The molecule has 0 N–H and O–H groups in total. The number of fused-ring (bicyclic) bond motifs is 4. The number of amides is 2. The van der Waals surface area contributed by atoms with Crippen LogP contribution < -0.4 is 0 Å². The summed E-state index contributed by atoms with van der Waals surface area (Å²) in [7, 11) is 0. The lowest BCUT2D eigenvalue weighted by Gasteiger charge is -2.54. The lowest BCUT2D eigenvalue weighted by molar-refractivity contribution is -0.146. The summed E-state index contributed by atoms with van der Waals surface area (Å²) in [4.78, 5) is 31.9. The van der Waals surface area contributed by atoms with Gasteiger partial charge in [-0.1, -0.05) is 12.1 Å². The zero-order valence-corrected chi connectivity index (χ0v) is 17.6. The molecule has 6 heteroatoms. The minimum absolute atomic E-state index is 0.145. The van der Waals surface area contributed by atoms with Crippen LogP contribution in [0.3, 0.4) is 0 Å². The Labute approximate surface area is 178 Å². The molecular formula is C24H32FN3O2. The maximum absolute atomic E-state index is 13.1. The van der Waals surface area contributed by atoms with E-state index in [1.54, 1.807) is 12.1 Å². The summed E-state index contributed by atoms with van der Waals surface area (Å²) in [6.45, 7) is 4.78. The van der Waals surface area contributed by atoms with E-state index in [1.165, 1.54) is 25.0 Å². The summed E-state index contributed by atoms with van der Waals surface area (Å²) in [5.74, 6) is 1.49. The molecule has 0 aliphatic carbocycles. The molecule has 4 aliphatic heterocycles. The second-order valence-corrected chi connectivity index (χ2v) is 9.74. The highest BCUT2D eigenvalue weighted by Crippen LogP contribution is 2.39. The SMILES string of the molecule is O=C(Cc1ccc(F)cc1)N1CCC(N2CC3CC(C2)[C@H]2CCCC(=O)N2C3)CC1. The molecule has 4 saturated heterocycles. The fourth-order valence-corrected chi connectivity index (χ4v) is 6.32. The quantitative estimate of drug-likeness (QED) is 0.765. The van der Waals surface area contributed by atoms with E-state index in [-0.39, 0.29) is 11.7 Å². The lowest BCUT2D eigenvalue weighted by Crippen LogP contribution is -2.62. The van der Waals surface area contributed by atoms with Crippen LogP contribution in [0.4, 0.5) is 4.39 Å². The highest BCUT2D eigenvalue weighted by atomic mass is 19.1. The first-order valence-corrected chi connectivity index (χ1v) is 11.6. The first-order chi connectivity index (χ1) is 14.6. The van der Waals surface area contributed by atoms with Crippen LogP contribution in [0.5, 0.6) is 0 Å². The summed E-state index contributed by atoms with van der Waals surface area (Å²) >= 11 is 0. The molecule has 2 bridgehead atoms. The van der Waals surface area contributed by atoms with Gasteiger partial charge in [0, 0.05) is 51.2 Å². The number of hydrogen-bond acceptors (Lipinski definition) is 3. The van der Waals surface area contributed by atoms with Gasteiger partial charge in [-0.3, -0.25) is 14.5 Å². The van der Waals surface area contributed by atoms with Crippen molar-refractivity contribution in [1.29, 1.82) is 0 Å². The average Bonchev–Trinajstić information content (AvgIpc) is 2.76. The number of halogens is 1. The maximum atomic E-state index is 13.1. The van der Waals surface area contributed by atoms with Crippen molar-refractivity contribution in [2.75, 3.05) is 32.7 Å². The number of carbonyl (C=O) groups excluding carboxylic acids is 2. The number of nitrogens with zero attached hydrogens (tertiary/aromatic N) is 3. The molecule has 4 fully saturated rings. The van der Waals surface area contributed by atoms with Crippen molar-refractivity contribution in [3.05, 3.63) is 35.6 Å². The van der Waals surface area contributed by atoms with E-state index in [9.17, 15) is 14.0 Å². The zero-order valence-electron chi connectivity index (χ0n) is 17.6. The highest BCUT2D eigenvalue weighted by molar-refractivity contribution is 5.79. The van der Waals surface area contributed by atoms with Crippen LogP contribution in [0.25, 0.3) is 0 Å². The molecule has 0 spiro atoms. The summed E-state index contributed by atoms with van der Waals surface area (Å²) < 4.78 is 13.1. The molecule has 30 heavy (non-hydrogen) atoms. The second kappa shape index (κ2) is 8.29. The van der Waals surface area contributed by atoms with Crippen molar-refractivity contribution in [2.24, 2.45) is 11.8 Å². The molecule has 3 atom stereocenters. The molecular weight excluding hydrogens is 381 g/mol. The number of likely N-dealkylation sites (tertiary alicyclic amines) is 2. The molecule has 2 amide bonds. The van der Waals surface area contributed by atoms with Gasteiger partial charge < -0.3 is 9.80 Å². The summed E-state index contributed by atoms with van der Waals surface area (Å²) in [6, 6.07) is 7.25. The molecule has 5 nitrogen and oxygen atoms in total. The Hall–Kier alpha value is -1.95. The molecule has 4 heterocycles. The topological polar surface area (TPSA) is 43.9 Å². The minimum Gasteiger partial charge on any atom is -0.342 e. The second-order valence-electron chi connectivity index (χ2n) is 9.74. The average molecular weight is 414 g/mol. The maximum Gasteiger partial charge on any atom is 0.226 e. The van der Waals surface area contributed by atoms with Crippen LogP contribution in [0.15, 0.2) is 24.3 Å². The van der Waals surface area contributed by atoms with Gasteiger partial charge in [-0.25, -0.2) is 4.39 Å². The number of carbonyl (C=O) groups is 2. The first-order valence-electron chi connectivity index (χ1n) is 11.6. The predicted octanol–water partition coefficient (Wildman–Crippen LogP) is 2.69. The van der Waals surface area contributed by atoms with Crippen LogP contribution >= 0.6 is 0 Å². The summed E-state index contributed by atoms with van der Waals surface area (Å²) in [6.07, 6.45) is 6.65. The van der Waals surface area contributed by atoms with Crippen molar-refractivity contribution in [1.82, 2.24) is 14.7 Å². The van der Waals surface area contributed by atoms with Gasteiger partial charge in [0.1, 0.15) is 5.82 Å². The van der Waals surface area contributed by atoms with Crippen molar-refractivity contribution in [2.45, 2.75) is 57.0 Å². The largest absolute Gasteiger partial charge is 0.342 e. The van der Waals surface area contributed by atoms with Crippen molar-refractivity contribution >= 4 is 11.8 Å². The van der Waals surface area contributed by atoms with Crippen molar-refractivity contribution in [3.8, 4) is 0 Å². The fraction of sp³-hybridized carbons (Fsp3) is 0.667. The fourth-order valence-electron chi connectivity index (χ4n) is 6.32. The van der Waals surface area contributed by atoms with Gasteiger partial charge in [0.2, 0.25) is 11.8 Å². The number of piperidine rings is 4. The van der Waals surface area contributed by atoms with Crippen LogP contribution in [-0.4, -0.2) is 71.3 Å². The van der Waals surface area contributed by atoms with Crippen LogP contribution in [0, 0.1) is 17.7 Å². The molecule has 0 saturated carbocycles. The van der Waals surface area contributed by atoms with Crippen LogP contribution in [-0.2, 0) is 16.0 Å². The third-order valence-electron chi connectivity index (χ3n) is 7.81. The van der Waals surface area contributed by atoms with E-state index in [0.29, 0.717) is 36.2 Å². The molecule has 0 aromatic heterocycles. The number of rotatable bonds is 3. The zero-order chi connectivity index (χ0) is 20.7. The van der Waals surface area contributed by atoms with E-state index in [4.69, 9.17) is 0 Å². The van der Waals surface area contributed by atoms with Gasteiger partial charge in [0.15, 0.2) is 0 Å². The van der Waals surface area contributed by atoms with Crippen molar-refractivity contribution in [3.63, 3.8) is 0 Å². The Morgan fingerprint density at radius 2 is 1.80 bits per heavy atom. The first kappa shape index (κ1) is 20.0. The molecule has 5 rings (SSSR count). The number of benzene rings is 1. The van der Waals surface area contributed by atoms with Gasteiger partial charge >= 0.3 is 0 Å². The lowest BCUT2D eigenvalue weighted by atomic mass is 9.75. The van der Waals surface area contributed by atoms with Gasteiger partial charge in [-0.2, -0.15) is 0 Å². The standard InChI is InChI=1S/C24H32FN3O2/c25-20-6-4-17(5-7-20)13-24(30)26-10-8-21(9-11-26)27-14-18-12-19(16-27)22-2-1-3-23(29)28(22)15-18/h4-7,18-19,21-22H,1-3,8-16H2/t18?,19?,22-/m1/s1. The molecule has 4 aliphatic rings. The molecule has 162 valence electrons. The highest BCUT2D eigenvalue weighted by Gasteiger charge is 2.45. The van der Waals surface area contributed by atoms with Crippen LogP contribution in [0.1, 0.15) is 44.1 Å². The Morgan fingerprint density at radius 3 is 2.57 bits per heavy atom. The molecule has 2 unspecified atom stereocenters. The van der Waals surface area contributed by atoms with Gasteiger partial charge in [0.25, 0.3) is 0 Å². The Kier molecular flexibility index (Phi) is 5.52. The van der Waals surface area contributed by atoms with Gasteiger partial charge in [-0.05, 0) is 61.6 Å². The Bertz CT molecular complexity index is 790. The predicted molar refractivity (Wildman–Crippen MR) is 112 cm³/mol. The third kappa shape index (κ3) is 3.98. The number of hydrogen-bond donors (Lipinski definition) is 0. The van der Waals surface area contributed by atoms with E-state index < -0.39 is 0 Å². The Morgan fingerprint density at radius 1 is 1.03 bits per heavy atom.